The summed E-state index contributed by atoms with van der Waals surface area (Å²) in [6.07, 6.45) is 0. The maximum Gasteiger partial charge on any atom is 0.282 e. The van der Waals surface area contributed by atoms with Crippen LogP contribution in [0.5, 0.6) is 5.75 Å². The number of rotatable bonds is 4. The van der Waals surface area contributed by atoms with Crippen LogP contribution < -0.4 is 10.1 Å². The lowest BCUT2D eigenvalue weighted by molar-refractivity contribution is -0.385. The van der Waals surface area contributed by atoms with Crippen molar-refractivity contribution in [3.05, 3.63) is 62.7 Å². The Kier molecular flexibility index (Phi) is 4.62. The van der Waals surface area contributed by atoms with E-state index in [1.54, 1.807) is 25.1 Å². The lowest BCUT2D eigenvalue weighted by atomic mass is 10.1. The number of nitro groups is 1. The van der Waals surface area contributed by atoms with E-state index >= 15 is 0 Å². The predicted molar refractivity (Wildman–Crippen MR) is 83.8 cm³/mol. The van der Waals surface area contributed by atoms with Crippen molar-refractivity contribution < 1.29 is 14.5 Å². The summed E-state index contributed by atoms with van der Waals surface area (Å²) in [7, 11) is 1.42. The Morgan fingerprint density at radius 1 is 1.32 bits per heavy atom. The summed E-state index contributed by atoms with van der Waals surface area (Å²) in [4.78, 5) is 22.8. The number of nitrogens with one attached hydrogen (secondary N) is 1. The van der Waals surface area contributed by atoms with E-state index in [0.717, 1.165) is 0 Å². The quantitative estimate of drug-likeness (QED) is 0.686. The number of carbonyl (C=O) groups is 1. The normalized spacial score (nSPS) is 10.1. The van der Waals surface area contributed by atoms with Gasteiger partial charge >= 0.3 is 0 Å². The smallest absolute Gasteiger partial charge is 0.282 e. The topological polar surface area (TPSA) is 81.5 Å². The second-order valence-electron chi connectivity index (χ2n) is 4.51. The zero-order chi connectivity index (χ0) is 16.3. The molecule has 0 spiro atoms. The minimum atomic E-state index is -0.612. The molecule has 0 aliphatic carbocycles. The third-order valence-electron chi connectivity index (χ3n) is 3.16. The highest BCUT2D eigenvalue weighted by Crippen LogP contribution is 2.27. The van der Waals surface area contributed by atoms with Gasteiger partial charge in [0.2, 0.25) is 0 Å². The fourth-order valence-corrected chi connectivity index (χ4v) is 2.09. The van der Waals surface area contributed by atoms with Gasteiger partial charge in [-0.25, -0.2) is 0 Å². The van der Waals surface area contributed by atoms with Gasteiger partial charge in [0, 0.05) is 16.8 Å². The monoisotopic (exact) mass is 320 g/mol. The van der Waals surface area contributed by atoms with Gasteiger partial charge in [0.1, 0.15) is 11.3 Å². The summed E-state index contributed by atoms with van der Waals surface area (Å²) in [6.45, 7) is 1.75. The van der Waals surface area contributed by atoms with E-state index in [-0.39, 0.29) is 11.3 Å². The lowest BCUT2D eigenvalue weighted by Gasteiger charge is -2.10. The first kappa shape index (κ1) is 15.8. The van der Waals surface area contributed by atoms with Crippen LogP contribution >= 0.6 is 11.6 Å². The number of anilines is 1. The molecule has 1 amide bonds. The molecule has 2 rings (SSSR count). The van der Waals surface area contributed by atoms with Crippen LogP contribution in [0.1, 0.15) is 15.9 Å². The van der Waals surface area contributed by atoms with Crippen LogP contribution in [0.15, 0.2) is 36.4 Å². The molecule has 22 heavy (non-hydrogen) atoms. The average molecular weight is 321 g/mol. The number of amides is 1. The zero-order valence-electron chi connectivity index (χ0n) is 11.9. The molecule has 2 aromatic carbocycles. The molecule has 0 atom stereocenters. The fourth-order valence-electron chi connectivity index (χ4n) is 1.92. The molecule has 0 saturated carbocycles. The highest BCUT2D eigenvalue weighted by Gasteiger charge is 2.21. The van der Waals surface area contributed by atoms with Crippen molar-refractivity contribution in [1.29, 1.82) is 0 Å². The Hall–Kier alpha value is -2.60. The number of nitro benzene ring substituents is 1. The third kappa shape index (κ3) is 3.17. The zero-order valence-corrected chi connectivity index (χ0v) is 12.7. The Morgan fingerprint density at radius 3 is 2.68 bits per heavy atom. The summed E-state index contributed by atoms with van der Waals surface area (Å²) in [6, 6.07) is 9.04. The number of hydrogen-bond donors (Lipinski definition) is 1. The van der Waals surface area contributed by atoms with Crippen molar-refractivity contribution in [3.63, 3.8) is 0 Å². The minimum absolute atomic E-state index is 0.0799. The van der Waals surface area contributed by atoms with Gasteiger partial charge in [-0.15, -0.1) is 0 Å². The van der Waals surface area contributed by atoms with Gasteiger partial charge in [0.25, 0.3) is 11.6 Å². The van der Waals surface area contributed by atoms with Gasteiger partial charge in [0.05, 0.1) is 12.0 Å². The first-order valence-electron chi connectivity index (χ1n) is 6.33. The standard InChI is InChI=1S/C15H13ClN2O4/c1-9-12(16)4-3-5-13(9)17-15(19)11-8-10(22-2)6-7-14(11)18(20)21/h3-8H,1-2H3,(H,17,19). The summed E-state index contributed by atoms with van der Waals surface area (Å²) in [5.41, 5.74) is 0.805. The molecule has 7 heteroatoms. The van der Waals surface area contributed by atoms with Crippen LogP contribution in [0.3, 0.4) is 0 Å². The van der Waals surface area contributed by atoms with Crippen molar-refractivity contribution in [2.45, 2.75) is 6.92 Å². The van der Waals surface area contributed by atoms with Crippen LogP contribution in [0.25, 0.3) is 0 Å². The molecule has 0 saturated heterocycles. The molecule has 0 fully saturated rings. The third-order valence-corrected chi connectivity index (χ3v) is 3.57. The second kappa shape index (κ2) is 6.44. The van der Waals surface area contributed by atoms with E-state index in [1.165, 1.54) is 25.3 Å². The van der Waals surface area contributed by atoms with Crippen molar-refractivity contribution >= 4 is 28.9 Å². The van der Waals surface area contributed by atoms with E-state index in [4.69, 9.17) is 16.3 Å². The van der Waals surface area contributed by atoms with Gasteiger partial charge in [-0.05, 0) is 36.8 Å². The van der Waals surface area contributed by atoms with Crippen molar-refractivity contribution in [2.75, 3.05) is 12.4 Å². The molecule has 0 unspecified atom stereocenters. The number of halogens is 1. The Bertz CT molecular complexity index is 746. The SMILES string of the molecule is COc1ccc([N+](=O)[O-])c(C(=O)Nc2cccc(Cl)c2C)c1. The van der Waals surface area contributed by atoms with E-state index in [1.807, 2.05) is 0 Å². The van der Waals surface area contributed by atoms with E-state index in [2.05, 4.69) is 5.32 Å². The first-order valence-corrected chi connectivity index (χ1v) is 6.70. The van der Waals surface area contributed by atoms with Crippen LogP contribution in [0, 0.1) is 17.0 Å². The van der Waals surface area contributed by atoms with Gasteiger partial charge in [-0.3, -0.25) is 14.9 Å². The molecular formula is C15H13ClN2O4. The Morgan fingerprint density at radius 2 is 2.05 bits per heavy atom. The van der Waals surface area contributed by atoms with E-state index in [0.29, 0.717) is 22.0 Å². The van der Waals surface area contributed by atoms with Crippen LogP contribution in [0.4, 0.5) is 11.4 Å². The van der Waals surface area contributed by atoms with Gasteiger partial charge < -0.3 is 10.1 Å². The number of hydrogen-bond acceptors (Lipinski definition) is 4. The van der Waals surface area contributed by atoms with E-state index in [9.17, 15) is 14.9 Å². The van der Waals surface area contributed by atoms with Gasteiger partial charge in [-0.1, -0.05) is 17.7 Å². The minimum Gasteiger partial charge on any atom is -0.497 e. The molecule has 0 aromatic heterocycles. The van der Waals surface area contributed by atoms with Gasteiger partial charge in [-0.2, -0.15) is 0 Å². The maximum atomic E-state index is 12.4. The molecule has 0 heterocycles. The van der Waals surface area contributed by atoms with Crippen molar-refractivity contribution in [1.82, 2.24) is 0 Å². The molecule has 6 nitrogen and oxygen atoms in total. The van der Waals surface area contributed by atoms with Gasteiger partial charge in [0.15, 0.2) is 0 Å². The summed E-state index contributed by atoms with van der Waals surface area (Å²) >= 11 is 5.99. The summed E-state index contributed by atoms with van der Waals surface area (Å²) in [5.74, 6) is -0.241. The van der Waals surface area contributed by atoms with Crippen LogP contribution in [-0.2, 0) is 0 Å². The Labute approximate surface area is 131 Å². The number of ether oxygens (including phenoxy) is 1. The Balaban J connectivity index is 2.40. The largest absolute Gasteiger partial charge is 0.497 e. The summed E-state index contributed by atoms with van der Waals surface area (Å²) < 4.78 is 5.01. The molecule has 114 valence electrons. The molecule has 2 aromatic rings. The number of nitrogens with zero attached hydrogens (tertiary/aromatic N) is 1. The highest BCUT2D eigenvalue weighted by atomic mass is 35.5. The predicted octanol–water partition coefficient (Wildman–Crippen LogP) is 3.82. The van der Waals surface area contributed by atoms with Crippen molar-refractivity contribution in [2.24, 2.45) is 0 Å². The molecule has 0 bridgehead atoms. The summed E-state index contributed by atoms with van der Waals surface area (Å²) in [5, 5.41) is 14.2. The number of carbonyl (C=O) groups excluding carboxylic acids is 1. The lowest BCUT2D eigenvalue weighted by Crippen LogP contribution is -2.15. The molecule has 1 N–H and O–H groups in total. The van der Waals surface area contributed by atoms with Crippen LogP contribution in [-0.4, -0.2) is 17.9 Å². The molecular weight excluding hydrogens is 308 g/mol. The molecule has 0 radical (unpaired) electrons. The van der Waals surface area contributed by atoms with E-state index < -0.39 is 10.8 Å². The highest BCUT2D eigenvalue weighted by molar-refractivity contribution is 6.31. The number of methoxy groups -OCH3 is 1. The second-order valence-corrected chi connectivity index (χ2v) is 4.91. The fraction of sp³-hybridized carbons (Fsp3) is 0.133. The number of benzene rings is 2. The molecule has 0 aliphatic heterocycles. The average Bonchev–Trinajstić information content (AvgIpc) is 2.51. The first-order chi connectivity index (χ1) is 10.4. The maximum absolute atomic E-state index is 12.4. The van der Waals surface area contributed by atoms with Crippen LogP contribution in [0.2, 0.25) is 5.02 Å². The molecule has 0 aliphatic rings. The van der Waals surface area contributed by atoms with Crippen molar-refractivity contribution in [3.8, 4) is 5.75 Å².